The van der Waals surface area contributed by atoms with E-state index >= 15 is 0 Å². The number of hydrogen-bond acceptors (Lipinski definition) is 4. The lowest BCUT2D eigenvalue weighted by atomic mass is 10.0. The molecule has 3 aromatic rings. The molecule has 0 atom stereocenters. The summed E-state index contributed by atoms with van der Waals surface area (Å²) in [6.45, 7) is 1.85. The van der Waals surface area contributed by atoms with Gasteiger partial charge >= 0.3 is 12.2 Å². The van der Waals surface area contributed by atoms with Gasteiger partial charge in [0, 0.05) is 11.0 Å². The van der Waals surface area contributed by atoms with E-state index in [0.29, 0.717) is 0 Å². The predicted molar refractivity (Wildman–Crippen MR) is 119 cm³/mol. The molecule has 0 aliphatic rings. The molecule has 0 aromatic heterocycles. The summed E-state index contributed by atoms with van der Waals surface area (Å²) < 4.78 is 38.4. The van der Waals surface area contributed by atoms with E-state index in [1.54, 1.807) is 6.92 Å². The number of nitrogens with zero attached hydrogens (tertiary/aromatic N) is 2. The van der Waals surface area contributed by atoms with Crippen molar-refractivity contribution in [1.29, 1.82) is 0 Å². The first kappa shape index (κ1) is 23.5. The van der Waals surface area contributed by atoms with Crippen LogP contribution in [-0.2, 0) is 17.6 Å². The monoisotopic (exact) mass is 454 g/mol. The van der Waals surface area contributed by atoms with Gasteiger partial charge in [-0.25, -0.2) is 4.79 Å². The second kappa shape index (κ2) is 10.9. The van der Waals surface area contributed by atoms with Gasteiger partial charge in [-0.15, -0.1) is 5.11 Å². The van der Waals surface area contributed by atoms with Gasteiger partial charge in [-0.3, -0.25) is 5.32 Å². The molecular weight excluding hydrogens is 433 g/mol. The predicted octanol–water partition coefficient (Wildman–Crippen LogP) is 6.94. The van der Waals surface area contributed by atoms with Crippen LogP contribution in [0.1, 0.15) is 18.1 Å². The minimum atomic E-state index is -4.51. The summed E-state index contributed by atoms with van der Waals surface area (Å²) in [5, 5.41) is 12.2. The topological polar surface area (TPSA) is 75.1 Å². The number of alkyl halides is 3. The van der Waals surface area contributed by atoms with Crippen LogP contribution >= 0.6 is 0 Å². The Morgan fingerprint density at radius 1 is 0.970 bits per heavy atom. The number of carbonyl (C=O) groups is 1. The molecule has 9 heteroatoms. The number of anilines is 1. The fourth-order valence-electron chi connectivity index (χ4n) is 2.86. The first-order valence-electron chi connectivity index (χ1n) is 9.95. The van der Waals surface area contributed by atoms with Crippen LogP contribution in [0.3, 0.4) is 0 Å². The average molecular weight is 454 g/mol. The summed E-state index contributed by atoms with van der Waals surface area (Å²) in [5.74, 6) is -0.0266. The van der Waals surface area contributed by atoms with Crippen LogP contribution in [0.5, 0.6) is 0 Å². The van der Waals surface area contributed by atoms with Crippen LogP contribution in [0.25, 0.3) is 11.1 Å². The molecule has 0 saturated carbocycles. The molecule has 0 fully saturated rings. The first-order chi connectivity index (χ1) is 15.8. The Kier molecular flexibility index (Phi) is 7.80. The zero-order chi connectivity index (χ0) is 23.7. The van der Waals surface area contributed by atoms with Crippen molar-refractivity contribution < 1.29 is 22.8 Å². The quantitative estimate of drug-likeness (QED) is 0.231. The van der Waals surface area contributed by atoms with Crippen molar-refractivity contribution in [2.24, 2.45) is 10.4 Å². The van der Waals surface area contributed by atoms with E-state index in [1.807, 2.05) is 54.6 Å². The number of nitrogens with one attached hydrogen (secondary N) is 2. The van der Waals surface area contributed by atoms with Gasteiger partial charge in [0.05, 0.1) is 12.1 Å². The van der Waals surface area contributed by atoms with Gasteiger partial charge in [0.1, 0.15) is 0 Å². The minimum Gasteiger partial charge on any atom is -0.321 e. The van der Waals surface area contributed by atoms with Crippen LogP contribution in [-0.4, -0.2) is 6.03 Å². The molecule has 6 nitrogen and oxygen atoms in total. The fourth-order valence-corrected chi connectivity index (χ4v) is 2.86. The highest BCUT2D eigenvalue weighted by atomic mass is 19.4. The van der Waals surface area contributed by atoms with Gasteiger partial charge in [0.25, 0.3) is 0 Å². The van der Waals surface area contributed by atoms with Gasteiger partial charge < -0.3 is 10.2 Å². The van der Waals surface area contributed by atoms with E-state index in [-0.39, 0.29) is 18.1 Å². The van der Waals surface area contributed by atoms with E-state index in [1.165, 1.54) is 18.2 Å². The van der Waals surface area contributed by atoms with E-state index in [9.17, 15) is 18.0 Å². The summed E-state index contributed by atoms with van der Waals surface area (Å²) in [6, 6.07) is 21.2. The molecular formula is C24H21F3N4O2. The SMILES string of the molecule is C/C=C(/NC(=O)Nc1cccc(C(F)(F)F)c1)ON=NCc1cccc(-c2ccccc2)c1. The Labute approximate surface area is 188 Å². The smallest absolute Gasteiger partial charge is 0.321 e. The lowest BCUT2D eigenvalue weighted by Crippen LogP contribution is -2.28. The van der Waals surface area contributed by atoms with Crippen LogP contribution in [0.4, 0.5) is 23.7 Å². The lowest BCUT2D eigenvalue weighted by molar-refractivity contribution is -0.137. The second-order valence-electron chi connectivity index (χ2n) is 6.85. The molecule has 0 radical (unpaired) electrons. The van der Waals surface area contributed by atoms with Gasteiger partial charge in [0.2, 0.25) is 5.88 Å². The van der Waals surface area contributed by atoms with Crippen molar-refractivity contribution in [3.8, 4) is 11.1 Å². The zero-order valence-corrected chi connectivity index (χ0v) is 17.6. The summed E-state index contributed by atoms with van der Waals surface area (Å²) >= 11 is 0. The fraction of sp³-hybridized carbons (Fsp3) is 0.125. The van der Waals surface area contributed by atoms with Crippen molar-refractivity contribution in [2.75, 3.05) is 5.32 Å². The van der Waals surface area contributed by atoms with E-state index in [4.69, 9.17) is 4.84 Å². The van der Waals surface area contributed by atoms with Crippen molar-refractivity contribution >= 4 is 11.7 Å². The number of rotatable bonds is 7. The largest absolute Gasteiger partial charge is 0.416 e. The van der Waals surface area contributed by atoms with Gasteiger partial charge in [-0.05, 0) is 54.0 Å². The summed E-state index contributed by atoms with van der Waals surface area (Å²) in [4.78, 5) is 17.2. The number of carbonyl (C=O) groups excluding carboxylic acids is 1. The third-order valence-corrected chi connectivity index (χ3v) is 4.43. The molecule has 2 amide bonds. The highest BCUT2D eigenvalue weighted by Gasteiger charge is 2.30. The summed E-state index contributed by atoms with van der Waals surface area (Å²) in [5.41, 5.74) is 2.16. The molecule has 170 valence electrons. The average Bonchev–Trinajstić information content (AvgIpc) is 2.81. The van der Waals surface area contributed by atoms with E-state index in [2.05, 4.69) is 21.0 Å². The Bertz CT molecular complexity index is 1150. The Hall–Kier alpha value is -4.14. The third kappa shape index (κ3) is 7.20. The highest BCUT2D eigenvalue weighted by molar-refractivity contribution is 5.90. The third-order valence-electron chi connectivity index (χ3n) is 4.43. The molecule has 0 saturated heterocycles. The molecule has 0 spiro atoms. The maximum Gasteiger partial charge on any atom is 0.416 e. The number of benzene rings is 3. The van der Waals surface area contributed by atoms with Crippen molar-refractivity contribution in [3.63, 3.8) is 0 Å². The number of amides is 2. The number of urea groups is 1. The van der Waals surface area contributed by atoms with E-state index in [0.717, 1.165) is 28.8 Å². The normalized spacial score (nSPS) is 11.9. The Morgan fingerprint density at radius 3 is 2.42 bits per heavy atom. The zero-order valence-electron chi connectivity index (χ0n) is 17.6. The van der Waals surface area contributed by atoms with Crippen molar-refractivity contribution in [3.05, 3.63) is 102 Å². The highest BCUT2D eigenvalue weighted by Crippen LogP contribution is 2.30. The molecule has 2 N–H and O–H groups in total. The molecule has 3 aromatic carbocycles. The molecule has 3 rings (SSSR count). The molecule has 0 aliphatic heterocycles. The minimum absolute atomic E-state index is 0.0160. The standard InChI is InChI=1S/C24H21F3N4O2/c1-2-22(30-23(32)29-21-13-7-12-20(15-21)24(25,26)27)33-31-28-16-17-8-6-11-19(14-17)18-9-4-3-5-10-18/h2-15H,16H2,1H3,(H2,29,30,32)/b22-2-,31-28?. The van der Waals surface area contributed by atoms with Crippen LogP contribution in [0.2, 0.25) is 0 Å². The summed E-state index contributed by atoms with van der Waals surface area (Å²) in [7, 11) is 0. The van der Waals surface area contributed by atoms with Crippen molar-refractivity contribution in [2.45, 2.75) is 19.6 Å². The number of hydrogen-bond donors (Lipinski definition) is 2. The van der Waals surface area contributed by atoms with E-state index < -0.39 is 17.8 Å². The Balaban J connectivity index is 1.52. The number of allylic oxidation sites excluding steroid dienone is 1. The van der Waals surface area contributed by atoms with Crippen LogP contribution < -0.4 is 10.6 Å². The summed E-state index contributed by atoms with van der Waals surface area (Å²) in [6.07, 6.45) is -3.08. The first-order valence-corrected chi connectivity index (χ1v) is 9.95. The molecule has 33 heavy (non-hydrogen) atoms. The lowest BCUT2D eigenvalue weighted by Gasteiger charge is -2.11. The van der Waals surface area contributed by atoms with Crippen molar-refractivity contribution in [1.82, 2.24) is 5.32 Å². The number of halogens is 3. The molecule has 0 unspecified atom stereocenters. The maximum atomic E-state index is 12.8. The molecule has 0 bridgehead atoms. The van der Waals surface area contributed by atoms with Crippen LogP contribution in [0, 0.1) is 0 Å². The van der Waals surface area contributed by atoms with Gasteiger partial charge in [-0.2, -0.15) is 13.2 Å². The maximum absolute atomic E-state index is 12.8. The molecule has 0 aliphatic carbocycles. The van der Waals surface area contributed by atoms with Crippen LogP contribution in [0.15, 0.2) is 101 Å². The molecule has 0 heterocycles. The van der Waals surface area contributed by atoms with Gasteiger partial charge in [0.15, 0.2) is 0 Å². The van der Waals surface area contributed by atoms with Gasteiger partial charge in [-0.1, -0.05) is 54.6 Å². The second-order valence-corrected chi connectivity index (χ2v) is 6.85. The Morgan fingerprint density at radius 2 is 1.70 bits per heavy atom.